The molecule has 3 N–H and O–H groups in total. The standard InChI is InChI=1S/C11H13ClN4O3/c12-9-8(3-1-5-14-9)15-10(18)11(19)16(7-17)6-2-4-13/h1,3,5,7H,2,4,6,13H2,(H,15,18). The number of pyridine rings is 1. The predicted octanol–water partition coefficient (Wildman–Crippen LogP) is 0.00730. The summed E-state index contributed by atoms with van der Waals surface area (Å²) in [6.07, 6.45) is 2.16. The Kier molecular flexibility index (Phi) is 5.91. The van der Waals surface area contributed by atoms with Crippen LogP contribution < -0.4 is 11.1 Å². The van der Waals surface area contributed by atoms with Gasteiger partial charge < -0.3 is 11.1 Å². The number of rotatable bonds is 5. The Morgan fingerprint density at radius 3 is 2.84 bits per heavy atom. The third-order valence-corrected chi connectivity index (χ3v) is 2.49. The molecule has 0 aliphatic carbocycles. The third kappa shape index (κ3) is 4.31. The fourth-order valence-electron chi connectivity index (χ4n) is 1.25. The van der Waals surface area contributed by atoms with E-state index >= 15 is 0 Å². The van der Waals surface area contributed by atoms with Gasteiger partial charge in [-0.05, 0) is 25.1 Å². The number of hydrogen-bond donors (Lipinski definition) is 2. The summed E-state index contributed by atoms with van der Waals surface area (Å²) < 4.78 is 0. The SMILES string of the molecule is NCCCN(C=O)C(=O)C(=O)Nc1cccnc1Cl. The van der Waals surface area contributed by atoms with E-state index in [9.17, 15) is 14.4 Å². The second kappa shape index (κ2) is 7.45. The van der Waals surface area contributed by atoms with Gasteiger partial charge in [0.15, 0.2) is 5.15 Å². The maximum atomic E-state index is 11.7. The minimum atomic E-state index is -0.969. The summed E-state index contributed by atoms with van der Waals surface area (Å²) in [5.41, 5.74) is 5.47. The quantitative estimate of drug-likeness (QED) is 0.450. The molecule has 0 fully saturated rings. The number of imide groups is 1. The van der Waals surface area contributed by atoms with Gasteiger partial charge in [-0.15, -0.1) is 0 Å². The minimum absolute atomic E-state index is 0.0586. The number of nitrogens with one attached hydrogen (secondary N) is 1. The van der Waals surface area contributed by atoms with Crippen molar-refractivity contribution in [3.63, 3.8) is 0 Å². The molecule has 0 bridgehead atoms. The fourth-order valence-corrected chi connectivity index (χ4v) is 1.42. The molecule has 0 radical (unpaired) electrons. The molecular formula is C11H13ClN4O3. The van der Waals surface area contributed by atoms with E-state index < -0.39 is 11.8 Å². The highest BCUT2D eigenvalue weighted by atomic mass is 35.5. The number of carbonyl (C=O) groups is 3. The second-order valence-corrected chi connectivity index (χ2v) is 3.90. The number of halogens is 1. The molecule has 0 aliphatic heterocycles. The lowest BCUT2D eigenvalue weighted by atomic mass is 10.3. The van der Waals surface area contributed by atoms with Crippen molar-refractivity contribution in [1.29, 1.82) is 0 Å². The van der Waals surface area contributed by atoms with Crippen LogP contribution in [0.1, 0.15) is 6.42 Å². The predicted molar refractivity (Wildman–Crippen MR) is 69.3 cm³/mol. The summed E-state index contributed by atoms with van der Waals surface area (Å²) in [5, 5.41) is 2.35. The van der Waals surface area contributed by atoms with E-state index in [2.05, 4.69) is 10.3 Å². The van der Waals surface area contributed by atoms with Crippen molar-refractivity contribution in [1.82, 2.24) is 9.88 Å². The van der Waals surface area contributed by atoms with Crippen molar-refractivity contribution in [3.05, 3.63) is 23.5 Å². The van der Waals surface area contributed by atoms with Crippen LogP contribution in [0.5, 0.6) is 0 Å². The Morgan fingerprint density at radius 1 is 1.53 bits per heavy atom. The van der Waals surface area contributed by atoms with E-state index in [0.29, 0.717) is 19.4 Å². The second-order valence-electron chi connectivity index (χ2n) is 3.54. The third-order valence-electron chi connectivity index (χ3n) is 2.19. The van der Waals surface area contributed by atoms with Gasteiger partial charge in [0.25, 0.3) is 0 Å². The Bertz CT molecular complexity index is 481. The van der Waals surface area contributed by atoms with Crippen molar-refractivity contribution in [2.24, 2.45) is 5.73 Å². The molecule has 0 aliphatic rings. The molecule has 1 aromatic heterocycles. The van der Waals surface area contributed by atoms with Gasteiger partial charge in [0.05, 0.1) is 5.69 Å². The molecule has 1 rings (SSSR count). The monoisotopic (exact) mass is 284 g/mol. The number of amides is 3. The largest absolute Gasteiger partial charge is 0.330 e. The molecule has 1 aromatic rings. The van der Waals surface area contributed by atoms with Crippen LogP contribution >= 0.6 is 11.6 Å². The average Bonchev–Trinajstić information content (AvgIpc) is 2.42. The van der Waals surface area contributed by atoms with E-state index in [0.717, 1.165) is 4.90 Å². The van der Waals surface area contributed by atoms with Gasteiger partial charge in [0, 0.05) is 12.7 Å². The smallest absolute Gasteiger partial charge is 0.318 e. The highest BCUT2D eigenvalue weighted by Gasteiger charge is 2.21. The zero-order chi connectivity index (χ0) is 14.3. The number of nitrogens with zero attached hydrogens (tertiary/aromatic N) is 2. The lowest BCUT2D eigenvalue weighted by Gasteiger charge is -2.14. The number of carbonyl (C=O) groups excluding carboxylic acids is 3. The van der Waals surface area contributed by atoms with E-state index in [4.69, 9.17) is 17.3 Å². The lowest BCUT2D eigenvalue weighted by Crippen LogP contribution is -2.40. The van der Waals surface area contributed by atoms with Crippen LogP contribution in [0.25, 0.3) is 0 Å². The zero-order valence-corrected chi connectivity index (χ0v) is 10.8. The topological polar surface area (TPSA) is 105 Å². The Morgan fingerprint density at radius 2 is 2.26 bits per heavy atom. The Hall–Kier alpha value is -1.99. The molecule has 19 heavy (non-hydrogen) atoms. The van der Waals surface area contributed by atoms with E-state index in [1.165, 1.54) is 12.3 Å². The van der Waals surface area contributed by atoms with Gasteiger partial charge in [-0.2, -0.15) is 0 Å². The summed E-state index contributed by atoms with van der Waals surface area (Å²) in [6.45, 7) is 0.403. The van der Waals surface area contributed by atoms with Crippen LogP contribution in [0.2, 0.25) is 5.15 Å². The molecule has 0 saturated carbocycles. The molecular weight excluding hydrogens is 272 g/mol. The van der Waals surface area contributed by atoms with Crippen molar-refractivity contribution < 1.29 is 14.4 Å². The number of anilines is 1. The molecule has 0 saturated heterocycles. The van der Waals surface area contributed by atoms with E-state index in [-0.39, 0.29) is 17.4 Å². The summed E-state index contributed by atoms with van der Waals surface area (Å²) in [5.74, 6) is -1.93. The van der Waals surface area contributed by atoms with Crippen LogP contribution in [0.3, 0.4) is 0 Å². The highest BCUT2D eigenvalue weighted by Crippen LogP contribution is 2.17. The molecule has 0 spiro atoms. The lowest BCUT2D eigenvalue weighted by molar-refractivity contribution is -0.146. The Balaban J connectivity index is 2.69. The minimum Gasteiger partial charge on any atom is -0.330 e. The molecule has 7 nitrogen and oxygen atoms in total. The molecule has 1 heterocycles. The van der Waals surface area contributed by atoms with Crippen molar-refractivity contribution in [2.75, 3.05) is 18.4 Å². The molecule has 102 valence electrons. The van der Waals surface area contributed by atoms with Gasteiger partial charge in [-0.1, -0.05) is 11.6 Å². The maximum Gasteiger partial charge on any atom is 0.318 e. The molecule has 3 amide bonds. The summed E-state index contributed by atoms with van der Waals surface area (Å²) in [6, 6.07) is 3.05. The first kappa shape index (κ1) is 15.1. The molecule has 8 heteroatoms. The van der Waals surface area contributed by atoms with Gasteiger partial charge in [-0.3, -0.25) is 19.3 Å². The maximum absolute atomic E-state index is 11.7. The van der Waals surface area contributed by atoms with E-state index in [1.54, 1.807) is 6.07 Å². The van der Waals surface area contributed by atoms with Crippen LogP contribution in [0, 0.1) is 0 Å². The average molecular weight is 285 g/mol. The van der Waals surface area contributed by atoms with Gasteiger partial charge >= 0.3 is 11.8 Å². The molecule has 0 atom stereocenters. The van der Waals surface area contributed by atoms with Crippen LogP contribution in [0.15, 0.2) is 18.3 Å². The number of hydrogen-bond acceptors (Lipinski definition) is 5. The van der Waals surface area contributed by atoms with Crippen molar-refractivity contribution >= 4 is 35.5 Å². The van der Waals surface area contributed by atoms with Gasteiger partial charge in [0.1, 0.15) is 0 Å². The van der Waals surface area contributed by atoms with Crippen molar-refractivity contribution in [2.45, 2.75) is 6.42 Å². The zero-order valence-electron chi connectivity index (χ0n) is 10.0. The normalized spacial score (nSPS) is 9.79. The fraction of sp³-hybridized carbons (Fsp3) is 0.273. The van der Waals surface area contributed by atoms with Crippen molar-refractivity contribution in [3.8, 4) is 0 Å². The summed E-state index contributed by atoms with van der Waals surface area (Å²) in [7, 11) is 0. The van der Waals surface area contributed by atoms with Gasteiger partial charge in [0.2, 0.25) is 6.41 Å². The molecule has 0 unspecified atom stereocenters. The molecule has 0 aromatic carbocycles. The van der Waals surface area contributed by atoms with Crippen LogP contribution in [-0.4, -0.2) is 41.2 Å². The number of aromatic nitrogens is 1. The van der Waals surface area contributed by atoms with Crippen LogP contribution in [0.4, 0.5) is 5.69 Å². The summed E-state index contributed by atoms with van der Waals surface area (Å²) in [4.78, 5) is 38.5. The first-order valence-electron chi connectivity index (χ1n) is 5.48. The Labute approximate surface area is 114 Å². The first-order chi connectivity index (χ1) is 9.10. The van der Waals surface area contributed by atoms with Gasteiger partial charge in [-0.25, -0.2) is 4.98 Å². The number of nitrogens with two attached hydrogens (primary N) is 1. The summed E-state index contributed by atoms with van der Waals surface area (Å²) >= 11 is 5.73. The van der Waals surface area contributed by atoms with E-state index in [1.807, 2.05) is 0 Å². The van der Waals surface area contributed by atoms with Crippen LogP contribution in [-0.2, 0) is 14.4 Å². The highest BCUT2D eigenvalue weighted by molar-refractivity contribution is 6.42. The first-order valence-corrected chi connectivity index (χ1v) is 5.85.